The average molecular weight is 292 g/mol. The third kappa shape index (κ3) is 3.74. The highest BCUT2D eigenvalue weighted by atomic mass is 16.5. The van der Waals surface area contributed by atoms with Crippen LogP contribution in [0.4, 0.5) is 0 Å². The minimum atomic E-state index is -0.273. The van der Waals surface area contributed by atoms with Crippen molar-refractivity contribution in [1.29, 1.82) is 0 Å². The number of hydrogen-bond donors (Lipinski definition) is 1. The van der Waals surface area contributed by atoms with Crippen LogP contribution in [0.1, 0.15) is 58.1 Å². The molecule has 0 saturated heterocycles. The minimum absolute atomic E-state index is 0.130. The van der Waals surface area contributed by atoms with Gasteiger partial charge in [-0.3, -0.25) is 4.98 Å². The van der Waals surface area contributed by atoms with Gasteiger partial charge in [-0.25, -0.2) is 0 Å². The van der Waals surface area contributed by atoms with Gasteiger partial charge in [0, 0.05) is 13.3 Å². The summed E-state index contributed by atoms with van der Waals surface area (Å²) in [5, 5.41) is 0. The molecule has 118 valence electrons. The summed E-state index contributed by atoms with van der Waals surface area (Å²) in [7, 11) is 1.78. The zero-order valence-corrected chi connectivity index (χ0v) is 13.6. The first kappa shape index (κ1) is 16.2. The summed E-state index contributed by atoms with van der Waals surface area (Å²) in [6, 6.07) is 1.83. The molecule has 1 atom stereocenters. The Kier molecular flexibility index (Phi) is 5.22. The van der Waals surface area contributed by atoms with Crippen molar-refractivity contribution in [3.05, 3.63) is 24.0 Å². The fraction of sp³-hybridized carbons (Fsp3) is 0.706. The lowest BCUT2D eigenvalue weighted by Crippen LogP contribution is -2.45. The minimum Gasteiger partial charge on any atom is -0.489 e. The van der Waals surface area contributed by atoms with Crippen LogP contribution in [0, 0.1) is 5.92 Å². The predicted molar refractivity (Wildman–Crippen MR) is 84.3 cm³/mol. The third-order valence-corrected chi connectivity index (χ3v) is 4.56. The van der Waals surface area contributed by atoms with E-state index >= 15 is 0 Å². The van der Waals surface area contributed by atoms with Gasteiger partial charge in [0.15, 0.2) is 0 Å². The van der Waals surface area contributed by atoms with Crippen LogP contribution < -0.4 is 10.5 Å². The Labute approximate surface area is 128 Å². The van der Waals surface area contributed by atoms with Crippen LogP contribution in [0.2, 0.25) is 0 Å². The van der Waals surface area contributed by atoms with E-state index in [-0.39, 0.29) is 17.7 Å². The highest BCUT2D eigenvalue weighted by Gasteiger charge is 2.40. The third-order valence-electron chi connectivity index (χ3n) is 4.56. The molecule has 0 aliphatic heterocycles. The van der Waals surface area contributed by atoms with Crippen molar-refractivity contribution in [3.63, 3.8) is 0 Å². The molecule has 4 heteroatoms. The van der Waals surface area contributed by atoms with Crippen LogP contribution in [0.25, 0.3) is 0 Å². The number of methoxy groups -OCH3 is 1. The van der Waals surface area contributed by atoms with Crippen LogP contribution in [0.3, 0.4) is 0 Å². The van der Waals surface area contributed by atoms with Gasteiger partial charge in [-0.05, 0) is 57.1 Å². The van der Waals surface area contributed by atoms with E-state index in [2.05, 4.69) is 11.9 Å². The van der Waals surface area contributed by atoms with Crippen molar-refractivity contribution in [1.82, 2.24) is 4.98 Å². The molecule has 4 nitrogen and oxygen atoms in total. The quantitative estimate of drug-likeness (QED) is 0.903. The van der Waals surface area contributed by atoms with Crippen molar-refractivity contribution in [2.75, 3.05) is 7.11 Å². The molecule has 1 saturated carbocycles. The number of nitrogens with two attached hydrogens (primary N) is 1. The summed E-state index contributed by atoms with van der Waals surface area (Å²) in [4.78, 5) is 4.27. The zero-order valence-electron chi connectivity index (χ0n) is 13.6. The molecule has 0 aromatic carbocycles. The molecule has 2 rings (SSSR count). The van der Waals surface area contributed by atoms with Crippen LogP contribution in [0.5, 0.6) is 5.75 Å². The Bertz CT molecular complexity index is 454. The first-order valence-electron chi connectivity index (χ1n) is 7.89. The zero-order chi connectivity index (χ0) is 15.5. The standard InChI is InChI=1S/C17H28N2O2/c1-12(2)21-15-9-14(10-19-11-15)16(18)17(20-4)7-5-13(3)6-8-17/h9-13,16H,5-8,18H2,1-4H3. The Morgan fingerprint density at radius 2 is 1.95 bits per heavy atom. The van der Waals surface area contributed by atoms with E-state index in [0.717, 1.165) is 42.9 Å². The smallest absolute Gasteiger partial charge is 0.138 e. The van der Waals surface area contributed by atoms with Gasteiger partial charge in [0.2, 0.25) is 0 Å². The maximum atomic E-state index is 6.54. The SMILES string of the molecule is COC1(C(N)c2cncc(OC(C)C)c2)CCC(C)CC1. The van der Waals surface area contributed by atoms with Crippen LogP contribution in [0.15, 0.2) is 18.5 Å². The first-order valence-corrected chi connectivity index (χ1v) is 7.89. The van der Waals surface area contributed by atoms with Gasteiger partial charge >= 0.3 is 0 Å². The second-order valence-corrected chi connectivity index (χ2v) is 6.55. The number of nitrogens with zero attached hydrogens (tertiary/aromatic N) is 1. The maximum absolute atomic E-state index is 6.54. The highest BCUT2D eigenvalue weighted by molar-refractivity contribution is 5.28. The first-order chi connectivity index (χ1) is 9.97. The van der Waals surface area contributed by atoms with Crippen molar-refractivity contribution in [2.24, 2.45) is 11.7 Å². The van der Waals surface area contributed by atoms with Gasteiger partial charge < -0.3 is 15.2 Å². The van der Waals surface area contributed by atoms with Gasteiger partial charge in [0.1, 0.15) is 5.75 Å². The fourth-order valence-electron chi connectivity index (χ4n) is 3.14. The Morgan fingerprint density at radius 1 is 1.29 bits per heavy atom. The van der Waals surface area contributed by atoms with Crippen LogP contribution in [-0.2, 0) is 4.74 Å². The molecular weight excluding hydrogens is 264 g/mol. The molecule has 21 heavy (non-hydrogen) atoms. The molecule has 1 heterocycles. The number of aromatic nitrogens is 1. The number of pyridine rings is 1. The van der Waals surface area contributed by atoms with Crippen LogP contribution in [-0.4, -0.2) is 23.8 Å². The van der Waals surface area contributed by atoms with E-state index in [0.29, 0.717) is 0 Å². The molecule has 0 amide bonds. The van der Waals surface area contributed by atoms with Gasteiger partial charge in [-0.2, -0.15) is 0 Å². The molecule has 1 aliphatic carbocycles. The molecule has 0 bridgehead atoms. The Hall–Kier alpha value is -1.13. The molecule has 1 aromatic heterocycles. The molecule has 2 N–H and O–H groups in total. The topological polar surface area (TPSA) is 57.4 Å². The summed E-state index contributed by atoms with van der Waals surface area (Å²) in [6.45, 7) is 6.31. The van der Waals surface area contributed by atoms with Crippen molar-refractivity contribution in [2.45, 2.75) is 64.2 Å². The predicted octanol–water partition coefficient (Wildman–Crippen LogP) is 3.46. The molecule has 1 fully saturated rings. The Balaban J connectivity index is 2.19. The van der Waals surface area contributed by atoms with E-state index in [1.165, 1.54) is 0 Å². The van der Waals surface area contributed by atoms with Gasteiger partial charge in [0.05, 0.1) is 23.9 Å². The van der Waals surface area contributed by atoms with Crippen molar-refractivity contribution >= 4 is 0 Å². The normalized spacial score (nSPS) is 27.6. The summed E-state index contributed by atoms with van der Waals surface area (Å²) < 4.78 is 11.6. The lowest BCUT2D eigenvalue weighted by atomic mass is 9.74. The van der Waals surface area contributed by atoms with E-state index in [4.69, 9.17) is 15.2 Å². The second-order valence-electron chi connectivity index (χ2n) is 6.55. The molecule has 1 aromatic rings. The highest BCUT2D eigenvalue weighted by Crippen LogP contribution is 2.41. The number of ether oxygens (including phenoxy) is 2. The van der Waals surface area contributed by atoms with Gasteiger partial charge in [-0.15, -0.1) is 0 Å². The fourth-order valence-corrected chi connectivity index (χ4v) is 3.14. The summed E-state index contributed by atoms with van der Waals surface area (Å²) in [6.07, 6.45) is 8.02. The second kappa shape index (κ2) is 6.75. The lowest BCUT2D eigenvalue weighted by Gasteiger charge is -2.42. The lowest BCUT2D eigenvalue weighted by molar-refractivity contribution is -0.0673. The summed E-state index contributed by atoms with van der Waals surface area (Å²) in [5.41, 5.74) is 7.26. The Morgan fingerprint density at radius 3 is 2.52 bits per heavy atom. The molecule has 0 spiro atoms. The average Bonchev–Trinajstić information content (AvgIpc) is 2.47. The molecular formula is C17H28N2O2. The monoisotopic (exact) mass is 292 g/mol. The number of hydrogen-bond acceptors (Lipinski definition) is 4. The largest absolute Gasteiger partial charge is 0.489 e. The van der Waals surface area contributed by atoms with Crippen molar-refractivity contribution in [3.8, 4) is 5.75 Å². The van der Waals surface area contributed by atoms with E-state index < -0.39 is 0 Å². The van der Waals surface area contributed by atoms with E-state index in [9.17, 15) is 0 Å². The number of rotatable bonds is 5. The molecule has 1 aliphatic rings. The van der Waals surface area contributed by atoms with Gasteiger partial charge in [0.25, 0.3) is 0 Å². The van der Waals surface area contributed by atoms with Gasteiger partial charge in [-0.1, -0.05) is 6.92 Å². The van der Waals surface area contributed by atoms with Crippen molar-refractivity contribution < 1.29 is 9.47 Å². The molecule has 1 unspecified atom stereocenters. The summed E-state index contributed by atoms with van der Waals surface area (Å²) in [5.74, 6) is 1.53. The maximum Gasteiger partial charge on any atom is 0.138 e. The molecule has 0 radical (unpaired) electrons. The van der Waals surface area contributed by atoms with E-state index in [1.54, 1.807) is 13.3 Å². The summed E-state index contributed by atoms with van der Waals surface area (Å²) >= 11 is 0. The van der Waals surface area contributed by atoms with E-state index in [1.807, 2.05) is 26.1 Å². The van der Waals surface area contributed by atoms with Crippen LogP contribution >= 0.6 is 0 Å².